The molecule has 25 heavy (non-hydrogen) atoms. The number of hydrogen-bond acceptors (Lipinski definition) is 4. The molecule has 0 unspecified atom stereocenters. The number of rotatable bonds is 8. The van der Waals surface area contributed by atoms with E-state index in [2.05, 4.69) is 5.32 Å². The number of likely N-dealkylation sites (N-methyl/N-ethyl adjacent to an activating group) is 1. The van der Waals surface area contributed by atoms with E-state index in [9.17, 15) is 4.79 Å². The van der Waals surface area contributed by atoms with Crippen molar-refractivity contribution < 1.29 is 14.3 Å². The highest BCUT2D eigenvalue weighted by Gasteiger charge is 2.10. The van der Waals surface area contributed by atoms with E-state index in [4.69, 9.17) is 9.47 Å². The summed E-state index contributed by atoms with van der Waals surface area (Å²) in [6, 6.07) is 13.6. The van der Waals surface area contributed by atoms with Crippen molar-refractivity contribution in [3.05, 3.63) is 53.6 Å². The summed E-state index contributed by atoms with van der Waals surface area (Å²) in [4.78, 5) is 14.1. The lowest BCUT2D eigenvalue weighted by molar-refractivity contribution is -0.117. The molecule has 1 amide bonds. The number of nitrogens with one attached hydrogen (secondary N) is 1. The maximum absolute atomic E-state index is 12.2. The van der Waals surface area contributed by atoms with Gasteiger partial charge in [0.05, 0.1) is 20.3 Å². The van der Waals surface area contributed by atoms with Crippen LogP contribution in [-0.4, -0.2) is 38.1 Å². The van der Waals surface area contributed by atoms with Gasteiger partial charge in [-0.3, -0.25) is 9.69 Å². The molecule has 0 spiro atoms. The zero-order chi connectivity index (χ0) is 18.2. The molecule has 0 saturated heterocycles. The second-order valence-electron chi connectivity index (χ2n) is 6.00. The lowest BCUT2D eigenvalue weighted by atomic mass is 10.2. The molecule has 0 aliphatic rings. The molecule has 1 N–H and O–H groups in total. The second kappa shape index (κ2) is 9.08. The van der Waals surface area contributed by atoms with E-state index in [1.807, 2.05) is 68.3 Å². The molecule has 0 aliphatic carbocycles. The van der Waals surface area contributed by atoms with Crippen molar-refractivity contribution in [1.82, 2.24) is 4.90 Å². The van der Waals surface area contributed by atoms with Crippen LogP contribution < -0.4 is 14.8 Å². The minimum absolute atomic E-state index is 0.0377. The summed E-state index contributed by atoms with van der Waals surface area (Å²) in [6.07, 6.45) is 0. The summed E-state index contributed by atoms with van der Waals surface area (Å²) >= 11 is 0. The first-order valence-electron chi connectivity index (χ1n) is 8.36. The predicted molar refractivity (Wildman–Crippen MR) is 100 cm³/mol. The van der Waals surface area contributed by atoms with E-state index < -0.39 is 0 Å². The molecule has 2 aromatic rings. The Bertz CT molecular complexity index is 699. The van der Waals surface area contributed by atoms with Crippen LogP contribution in [0.1, 0.15) is 18.1 Å². The van der Waals surface area contributed by atoms with Crippen LogP contribution in [0.3, 0.4) is 0 Å². The third-order valence-electron chi connectivity index (χ3n) is 3.73. The van der Waals surface area contributed by atoms with Crippen molar-refractivity contribution in [3.63, 3.8) is 0 Å². The fourth-order valence-corrected chi connectivity index (χ4v) is 2.54. The van der Waals surface area contributed by atoms with Gasteiger partial charge in [-0.15, -0.1) is 0 Å². The van der Waals surface area contributed by atoms with Gasteiger partial charge in [0.15, 0.2) is 11.5 Å². The number of benzene rings is 2. The molecule has 2 rings (SSSR count). The topological polar surface area (TPSA) is 50.8 Å². The maximum atomic E-state index is 12.2. The van der Waals surface area contributed by atoms with Gasteiger partial charge in [0.25, 0.3) is 0 Å². The molecule has 0 atom stereocenters. The van der Waals surface area contributed by atoms with Crippen molar-refractivity contribution in [1.29, 1.82) is 0 Å². The fourth-order valence-electron chi connectivity index (χ4n) is 2.54. The van der Waals surface area contributed by atoms with Gasteiger partial charge in [-0.25, -0.2) is 0 Å². The number of ether oxygens (including phenoxy) is 2. The predicted octanol–water partition coefficient (Wildman–Crippen LogP) is 3.47. The molecule has 0 fully saturated rings. The Morgan fingerprint density at radius 2 is 1.84 bits per heavy atom. The molecular formula is C20H26N2O3. The Balaban J connectivity index is 1.91. The molecule has 5 heteroatoms. The van der Waals surface area contributed by atoms with Crippen molar-refractivity contribution in [2.24, 2.45) is 0 Å². The van der Waals surface area contributed by atoms with E-state index in [1.54, 1.807) is 7.11 Å². The number of nitrogens with zero attached hydrogens (tertiary/aromatic N) is 1. The van der Waals surface area contributed by atoms with E-state index in [1.165, 1.54) is 5.56 Å². The molecule has 134 valence electrons. The molecule has 0 aliphatic heterocycles. The van der Waals surface area contributed by atoms with Crippen LogP contribution in [0.15, 0.2) is 42.5 Å². The van der Waals surface area contributed by atoms with Gasteiger partial charge in [-0.1, -0.05) is 23.8 Å². The van der Waals surface area contributed by atoms with Crippen LogP contribution in [0, 0.1) is 6.92 Å². The van der Waals surface area contributed by atoms with Gasteiger partial charge in [-0.2, -0.15) is 0 Å². The molecule has 0 saturated carbocycles. The lowest BCUT2D eigenvalue weighted by Gasteiger charge is -2.18. The van der Waals surface area contributed by atoms with Crippen LogP contribution in [0.2, 0.25) is 0 Å². The van der Waals surface area contributed by atoms with Gasteiger partial charge >= 0.3 is 0 Å². The Labute approximate surface area is 149 Å². The third-order valence-corrected chi connectivity index (χ3v) is 3.73. The van der Waals surface area contributed by atoms with Crippen LogP contribution in [0.5, 0.6) is 11.5 Å². The maximum Gasteiger partial charge on any atom is 0.238 e. The smallest absolute Gasteiger partial charge is 0.238 e. The van der Waals surface area contributed by atoms with Crippen molar-refractivity contribution >= 4 is 11.6 Å². The average Bonchev–Trinajstić information content (AvgIpc) is 2.58. The van der Waals surface area contributed by atoms with Crippen LogP contribution in [0.25, 0.3) is 0 Å². The second-order valence-corrected chi connectivity index (χ2v) is 6.00. The third kappa shape index (κ3) is 5.80. The van der Waals surface area contributed by atoms with E-state index in [0.29, 0.717) is 25.4 Å². The minimum Gasteiger partial charge on any atom is -0.493 e. The van der Waals surface area contributed by atoms with Gasteiger partial charge in [0.2, 0.25) is 5.91 Å². The van der Waals surface area contributed by atoms with Crippen molar-refractivity contribution in [3.8, 4) is 11.5 Å². The van der Waals surface area contributed by atoms with E-state index >= 15 is 0 Å². The summed E-state index contributed by atoms with van der Waals surface area (Å²) < 4.78 is 10.9. The Hall–Kier alpha value is -2.53. The highest BCUT2D eigenvalue weighted by molar-refractivity contribution is 5.92. The number of carbonyl (C=O) groups is 1. The van der Waals surface area contributed by atoms with Crippen LogP contribution >= 0.6 is 0 Å². The molecule has 0 aromatic heterocycles. The molecule has 2 aromatic carbocycles. The summed E-state index contributed by atoms with van der Waals surface area (Å²) in [6.45, 7) is 5.50. The first-order chi connectivity index (χ1) is 12.0. The number of carbonyl (C=O) groups excluding carboxylic acids is 1. The lowest BCUT2D eigenvalue weighted by Crippen LogP contribution is -2.29. The Kier molecular flexibility index (Phi) is 6.83. The highest BCUT2D eigenvalue weighted by atomic mass is 16.5. The zero-order valence-corrected chi connectivity index (χ0v) is 15.3. The molecule has 0 bridgehead atoms. The number of hydrogen-bond donors (Lipinski definition) is 1. The Morgan fingerprint density at radius 3 is 2.48 bits per heavy atom. The number of aryl methyl sites for hydroxylation is 1. The summed E-state index contributed by atoms with van der Waals surface area (Å²) in [5, 5.41) is 2.91. The highest BCUT2D eigenvalue weighted by Crippen LogP contribution is 2.28. The first kappa shape index (κ1) is 18.8. The normalized spacial score (nSPS) is 10.6. The van der Waals surface area contributed by atoms with Crippen LogP contribution in [0.4, 0.5) is 5.69 Å². The van der Waals surface area contributed by atoms with Crippen molar-refractivity contribution in [2.45, 2.75) is 20.4 Å². The Morgan fingerprint density at radius 1 is 1.12 bits per heavy atom. The first-order valence-corrected chi connectivity index (χ1v) is 8.36. The molecule has 0 radical (unpaired) electrons. The number of amides is 1. The van der Waals surface area contributed by atoms with Crippen molar-refractivity contribution in [2.75, 3.05) is 32.6 Å². The summed E-state index contributed by atoms with van der Waals surface area (Å²) in [7, 11) is 3.54. The zero-order valence-electron chi connectivity index (χ0n) is 15.3. The van der Waals surface area contributed by atoms with Crippen LogP contribution in [-0.2, 0) is 11.3 Å². The molecule has 5 nitrogen and oxygen atoms in total. The quantitative estimate of drug-likeness (QED) is 0.798. The largest absolute Gasteiger partial charge is 0.493 e. The summed E-state index contributed by atoms with van der Waals surface area (Å²) in [5.74, 6) is 1.40. The van der Waals surface area contributed by atoms with E-state index in [-0.39, 0.29) is 5.91 Å². The average molecular weight is 342 g/mol. The monoisotopic (exact) mass is 342 g/mol. The SMILES string of the molecule is CCOc1ccc(CN(C)CC(=O)Nc2ccc(C)cc2)cc1OC. The number of anilines is 1. The number of methoxy groups -OCH3 is 1. The van der Waals surface area contributed by atoms with Gasteiger partial charge in [-0.05, 0) is 50.7 Å². The van der Waals surface area contributed by atoms with Gasteiger partial charge in [0, 0.05) is 12.2 Å². The van der Waals surface area contributed by atoms with E-state index in [0.717, 1.165) is 17.0 Å². The standard InChI is InChI=1S/C20H26N2O3/c1-5-25-18-11-8-16(12-19(18)24-4)13-22(3)14-20(23)21-17-9-6-15(2)7-10-17/h6-12H,5,13-14H2,1-4H3,(H,21,23). The summed E-state index contributed by atoms with van der Waals surface area (Å²) in [5.41, 5.74) is 3.04. The minimum atomic E-state index is -0.0377. The van der Waals surface area contributed by atoms with Gasteiger partial charge < -0.3 is 14.8 Å². The van der Waals surface area contributed by atoms with Gasteiger partial charge in [0.1, 0.15) is 0 Å². The fraction of sp³-hybridized carbons (Fsp3) is 0.350. The molecule has 0 heterocycles. The molecular weight excluding hydrogens is 316 g/mol.